The maximum Gasteiger partial charge on any atom is 0.171 e. The van der Waals surface area contributed by atoms with Crippen LogP contribution in [0.1, 0.15) is 79.1 Å². The summed E-state index contributed by atoms with van der Waals surface area (Å²) in [5.41, 5.74) is 0. The Morgan fingerprint density at radius 1 is 0.955 bits per heavy atom. The van der Waals surface area contributed by atoms with E-state index in [1.165, 1.54) is 44.9 Å². The third kappa shape index (κ3) is 3.24. The molecule has 0 aromatic rings. The van der Waals surface area contributed by atoms with Gasteiger partial charge in [-0.05, 0) is 37.0 Å². The molecule has 128 valence electrons. The largest absolute Gasteiger partial charge is 0.349 e. The van der Waals surface area contributed by atoms with E-state index in [0.29, 0.717) is 23.9 Å². The van der Waals surface area contributed by atoms with Gasteiger partial charge in [-0.2, -0.15) is 0 Å². The molecule has 1 aliphatic heterocycles. The van der Waals surface area contributed by atoms with Gasteiger partial charge >= 0.3 is 0 Å². The Bertz CT molecular complexity index is 361. The lowest BCUT2D eigenvalue weighted by molar-refractivity contribution is -0.359. The molecule has 2 aliphatic carbocycles. The maximum atomic E-state index is 6.89. The Morgan fingerprint density at radius 2 is 1.68 bits per heavy atom. The van der Waals surface area contributed by atoms with Gasteiger partial charge in [-0.3, -0.25) is 0 Å². The average molecular weight is 309 g/mol. The fourth-order valence-corrected chi connectivity index (χ4v) is 5.34. The highest BCUT2D eigenvalue weighted by atomic mass is 16.7. The van der Waals surface area contributed by atoms with Crippen molar-refractivity contribution in [2.24, 2.45) is 29.6 Å². The molecule has 0 aromatic heterocycles. The van der Waals surface area contributed by atoms with Crippen LogP contribution in [-0.2, 0) is 9.47 Å². The van der Waals surface area contributed by atoms with E-state index in [9.17, 15) is 0 Å². The van der Waals surface area contributed by atoms with Gasteiger partial charge < -0.3 is 9.47 Å². The summed E-state index contributed by atoms with van der Waals surface area (Å²) in [6.45, 7) is 10.3. The predicted octanol–water partition coefficient (Wildman–Crippen LogP) is 5.41. The Kier molecular flexibility index (Phi) is 5.19. The minimum Gasteiger partial charge on any atom is -0.349 e. The van der Waals surface area contributed by atoms with Crippen LogP contribution >= 0.6 is 0 Å². The molecule has 1 heterocycles. The van der Waals surface area contributed by atoms with E-state index in [2.05, 4.69) is 27.7 Å². The van der Waals surface area contributed by atoms with Crippen LogP contribution in [0.4, 0.5) is 0 Å². The van der Waals surface area contributed by atoms with E-state index in [1.807, 2.05) is 0 Å². The van der Waals surface area contributed by atoms with Crippen LogP contribution in [0.25, 0.3) is 0 Å². The minimum atomic E-state index is -0.277. The van der Waals surface area contributed by atoms with Crippen LogP contribution in [0.15, 0.2) is 0 Å². The monoisotopic (exact) mass is 308 g/mol. The normalized spacial score (nSPS) is 44.6. The maximum absolute atomic E-state index is 6.89. The fraction of sp³-hybridized carbons (Fsp3) is 1.00. The highest BCUT2D eigenvalue weighted by molar-refractivity contribution is 4.94. The number of ether oxygens (including phenoxy) is 2. The Hall–Kier alpha value is -0.0800. The molecule has 3 fully saturated rings. The summed E-state index contributed by atoms with van der Waals surface area (Å²) in [6.07, 6.45) is 11.1. The van der Waals surface area contributed by atoms with E-state index in [1.54, 1.807) is 0 Å². The van der Waals surface area contributed by atoms with Crippen molar-refractivity contribution in [1.82, 2.24) is 0 Å². The van der Waals surface area contributed by atoms with E-state index >= 15 is 0 Å². The van der Waals surface area contributed by atoms with E-state index in [0.717, 1.165) is 24.9 Å². The highest BCUT2D eigenvalue weighted by Gasteiger charge is 2.52. The summed E-state index contributed by atoms with van der Waals surface area (Å²) in [4.78, 5) is 0. The molecule has 0 radical (unpaired) electrons. The summed E-state index contributed by atoms with van der Waals surface area (Å²) < 4.78 is 13.4. The van der Waals surface area contributed by atoms with Crippen molar-refractivity contribution in [1.29, 1.82) is 0 Å². The molecule has 1 spiro atoms. The molecular weight excluding hydrogens is 272 g/mol. The molecular formula is C20H36O2. The van der Waals surface area contributed by atoms with Crippen LogP contribution < -0.4 is 0 Å². The SMILES string of the molecule is CC(C)[C@@H]1CC[C@@H](C)C[C@@]12OC[C@H](C)[C@@H](C1CCCCC1)O2. The molecule has 0 amide bonds. The van der Waals surface area contributed by atoms with Gasteiger partial charge in [0.05, 0.1) is 12.7 Å². The summed E-state index contributed by atoms with van der Waals surface area (Å²) >= 11 is 0. The molecule has 2 saturated carbocycles. The van der Waals surface area contributed by atoms with Gasteiger partial charge in [-0.15, -0.1) is 0 Å². The van der Waals surface area contributed by atoms with Crippen LogP contribution in [-0.4, -0.2) is 18.5 Å². The average Bonchev–Trinajstić information content (AvgIpc) is 2.50. The van der Waals surface area contributed by atoms with Gasteiger partial charge in [-0.1, -0.05) is 53.4 Å². The summed E-state index contributed by atoms with van der Waals surface area (Å²) in [5, 5.41) is 0. The lowest BCUT2D eigenvalue weighted by atomic mass is 9.71. The Labute approximate surface area is 137 Å². The molecule has 2 nitrogen and oxygen atoms in total. The molecule has 5 atom stereocenters. The molecule has 2 heteroatoms. The second-order valence-corrected chi connectivity index (χ2v) is 8.82. The Morgan fingerprint density at radius 3 is 2.36 bits per heavy atom. The molecule has 0 bridgehead atoms. The van der Waals surface area contributed by atoms with E-state index in [-0.39, 0.29) is 5.79 Å². The first-order valence-corrected chi connectivity index (χ1v) is 9.83. The zero-order chi connectivity index (χ0) is 15.7. The summed E-state index contributed by atoms with van der Waals surface area (Å²) in [7, 11) is 0. The predicted molar refractivity (Wildman–Crippen MR) is 90.6 cm³/mol. The first-order valence-electron chi connectivity index (χ1n) is 9.83. The zero-order valence-electron chi connectivity index (χ0n) is 15.1. The van der Waals surface area contributed by atoms with Crippen molar-refractivity contribution >= 4 is 0 Å². The molecule has 3 aliphatic rings. The first-order chi connectivity index (χ1) is 10.5. The van der Waals surface area contributed by atoms with Crippen molar-refractivity contribution in [2.45, 2.75) is 91.0 Å². The van der Waals surface area contributed by atoms with Gasteiger partial charge in [0.2, 0.25) is 0 Å². The van der Waals surface area contributed by atoms with Gasteiger partial charge in [0.15, 0.2) is 5.79 Å². The summed E-state index contributed by atoms with van der Waals surface area (Å²) in [5.74, 6) is 3.00. The number of rotatable bonds is 2. The number of hydrogen-bond acceptors (Lipinski definition) is 2. The minimum absolute atomic E-state index is 0.277. The van der Waals surface area contributed by atoms with E-state index < -0.39 is 0 Å². The highest BCUT2D eigenvalue weighted by Crippen LogP contribution is 2.49. The van der Waals surface area contributed by atoms with Gasteiger partial charge in [0.1, 0.15) is 0 Å². The first kappa shape index (κ1) is 16.8. The molecule has 3 rings (SSSR count). The molecule has 1 saturated heterocycles. The zero-order valence-corrected chi connectivity index (χ0v) is 15.1. The second kappa shape index (κ2) is 6.81. The third-order valence-corrected chi connectivity index (χ3v) is 6.57. The van der Waals surface area contributed by atoms with Gasteiger partial charge in [-0.25, -0.2) is 0 Å². The molecule has 0 unspecified atom stereocenters. The van der Waals surface area contributed by atoms with Crippen LogP contribution in [0.2, 0.25) is 0 Å². The quantitative estimate of drug-likeness (QED) is 0.679. The van der Waals surface area contributed by atoms with Gasteiger partial charge in [0, 0.05) is 18.3 Å². The van der Waals surface area contributed by atoms with Crippen molar-refractivity contribution in [3.05, 3.63) is 0 Å². The number of hydrogen-bond donors (Lipinski definition) is 0. The summed E-state index contributed by atoms with van der Waals surface area (Å²) in [6, 6.07) is 0. The third-order valence-electron chi connectivity index (χ3n) is 6.57. The smallest absolute Gasteiger partial charge is 0.171 e. The molecule has 22 heavy (non-hydrogen) atoms. The molecule has 0 aromatic carbocycles. The van der Waals surface area contributed by atoms with Gasteiger partial charge in [0.25, 0.3) is 0 Å². The second-order valence-electron chi connectivity index (χ2n) is 8.82. The van der Waals surface area contributed by atoms with Crippen molar-refractivity contribution in [2.75, 3.05) is 6.61 Å². The van der Waals surface area contributed by atoms with Crippen LogP contribution in [0.3, 0.4) is 0 Å². The van der Waals surface area contributed by atoms with Crippen molar-refractivity contribution in [3.63, 3.8) is 0 Å². The molecule has 0 N–H and O–H groups in total. The fourth-order valence-electron chi connectivity index (χ4n) is 5.34. The van der Waals surface area contributed by atoms with Crippen molar-refractivity contribution < 1.29 is 9.47 Å². The topological polar surface area (TPSA) is 18.5 Å². The van der Waals surface area contributed by atoms with E-state index in [4.69, 9.17) is 9.47 Å². The lowest BCUT2D eigenvalue weighted by Gasteiger charge is -2.54. The van der Waals surface area contributed by atoms with Crippen LogP contribution in [0.5, 0.6) is 0 Å². The standard InChI is InChI=1S/C20H36O2/c1-14(2)18-11-10-15(3)12-20(18)21-13-16(4)19(22-20)17-8-6-5-7-9-17/h14-19H,5-13H2,1-4H3/t15-,16+,18+,19+,20+/m1/s1. The van der Waals surface area contributed by atoms with Crippen molar-refractivity contribution in [3.8, 4) is 0 Å². The lowest BCUT2D eigenvalue weighted by Crippen LogP contribution is -2.58. The Balaban J connectivity index is 1.79. The van der Waals surface area contributed by atoms with Crippen LogP contribution in [0, 0.1) is 29.6 Å².